The highest BCUT2D eigenvalue weighted by molar-refractivity contribution is 7.86. The van der Waals surface area contributed by atoms with Gasteiger partial charge in [0.15, 0.2) is 6.10 Å². The highest BCUT2D eigenvalue weighted by Crippen LogP contribution is 2.21. The second-order valence-electron chi connectivity index (χ2n) is 4.48. The van der Waals surface area contributed by atoms with Crippen LogP contribution in [-0.4, -0.2) is 21.4 Å². The average Bonchev–Trinajstić information content (AvgIpc) is 2.48. The molecular weight excluding hydrogens is 309 g/mol. The van der Waals surface area contributed by atoms with E-state index in [-0.39, 0.29) is 5.69 Å². The number of amides is 1. The molecule has 22 heavy (non-hydrogen) atoms. The number of benzene rings is 2. The third-order valence-electron chi connectivity index (χ3n) is 2.96. The molecule has 2 aromatic carbocycles. The van der Waals surface area contributed by atoms with Crippen molar-refractivity contribution < 1.29 is 21.8 Å². The normalized spacial score (nSPS) is 12.6. The van der Waals surface area contributed by atoms with Gasteiger partial charge in [0.25, 0.3) is 5.91 Å². The summed E-state index contributed by atoms with van der Waals surface area (Å²) in [7, 11) is -3.43. The Labute approximate surface area is 127 Å². The van der Waals surface area contributed by atoms with E-state index in [0.717, 1.165) is 12.1 Å². The van der Waals surface area contributed by atoms with Gasteiger partial charge in [-0.2, -0.15) is 8.42 Å². The summed E-state index contributed by atoms with van der Waals surface area (Å²) in [4.78, 5) is 11.7. The lowest BCUT2D eigenvalue weighted by Crippen LogP contribution is -2.22. The Bertz CT molecular complexity index is 762. The van der Waals surface area contributed by atoms with Crippen molar-refractivity contribution in [2.45, 2.75) is 11.0 Å². The predicted molar refractivity (Wildman–Crippen MR) is 79.6 cm³/mol. The minimum atomic E-state index is -4.82. The molecule has 0 bridgehead atoms. The number of halogens is 1. The maximum atomic E-state index is 13.0. The van der Waals surface area contributed by atoms with Crippen LogP contribution in [0.4, 0.5) is 9.57 Å². The van der Waals surface area contributed by atoms with Gasteiger partial charge in [-0.25, -0.2) is 0 Å². The van der Waals surface area contributed by atoms with Crippen molar-refractivity contribution in [1.29, 1.82) is 0 Å². The molecule has 2 aromatic rings. The van der Waals surface area contributed by atoms with Crippen molar-refractivity contribution in [3.8, 4) is 0 Å². The summed E-state index contributed by atoms with van der Waals surface area (Å²) < 4.78 is 39.9. The van der Waals surface area contributed by atoms with E-state index in [4.69, 9.17) is 4.74 Å². The van der Waals surface area contributed by atoms with Crippen LogP contribution in [0, 0.1) is 0 Å². The lowest BCUT2D eigenvalue weighted by Gasteiger charge is -2.15. The second kappa shape index (κ2) is 6.67. The summed E-state index contributed by atoms with van der Waals surface area (Å²) >= 11 is 0. The zero-order valence-electron chi connectivity index (χ0n) is 11.7. The fraction of sp³-hybridized carbons (Fsp3) is 0.133. The van der Waals surface area contributed by atoms with Gasteiger partial charge in [-0.15, -0.1) is 3.89 Å². The largest absolute Gasteiger partial charge is 0.367 e. The summed E-state index contributed by atoms with van der Waals surface area (Å²) in [5, 5.41) is 2.51. The Morgan fingerprint density at radius 2 is 1.82 bits per heavy atom. The van der Waals surface area contributed by atoms with Crippen molar-refractivity contribution in [3.05, 3.63) is 60.2 Å². The van der Waals surface area contributed by atoms with E-state index in [2.05, 4.69) is 5.32 Å². The van der Waals surface area contributed by atoms with Crippen LogP contribution < -0.4 is 5.32 Å². The van der Waals surface area contributed by atoms with Gasteiger partial charge in [0.2, 0.25) is 0 Å². The maximum Gasteiger partial charge on any atom is 0.332 e. The van der Waals surface area contributed by atoms with E-state index in [1.807, 2.05) is 6.07 Å². The molecule has 116 valence electrons. The Kier molecular flexibility index (Phi) is 4.89. The zero-order chi connectivity index (χ0) is 16.2. The molecule has 0 fully saturated rings. The van der Waals surface area contributed by atoms with Crippen molar-refractivity contribution in [2.24, 2.45) is 0 Å². The van der Waals surface area contributed by atoms with Crippen molar-refractivity contribution in [2.75, 3.05) is 12.4 Å². The summed E-state index contributed by atoms with van der Waals surface area (Å²) in [5.74, 6) is -0.484. The fourth-order valence-corrected chi connectivity index (χ4v) is 2.46. The molecule has 0 heterocycles. The molecule has 0 aliphatic carbocycles. The molecule has 0 saturated carbocycles. The number of hydrogen-bond donors (Lipinski definition) is 1. The highest BCUT2D eigenvalue weighted by atomic mass is 32.3. The first-order chi connectivity index (χ1) is 10.4. The molecular formula is C15H14FNO4S. The van der Waals surface area contributed by atoms with E-state index >= 15 is 0 Å². The number of carbonyl (C=O) groups is 1. The summed E-state index contributed by atoms with van der Waals surface area (Å²) in [5.41, 5.74) is 0.818. The number of ether oxygens (including phenoxy) is 1. The van der Waals surface area contributed by atoms with Gasteiger partial charge in [0.1, 0.15) is 4.90 Å². The molecule has 7 heteroatoms. The third-order valence-corrected chi connectivity index (χ3v) is 3.78. The molecule has 0 saturated heterocycles. The van der Waals surface area contributed by atoms with E-state index in [1.165, 1.54) is 19.2 Å². The minimum absolute atomic E-state index is 0.168. The number of rotatable bonds is 5. The first-order valence-corrected chi connectivity index (χ1v) is 7.73. The van der Waals surface area contributed by atoms with E-state index in [9.17, 15) is 17.1 Å². The van der Waals surface area contributed by atoms with Crippen molar-refractivity contribution >= 4 is 21.8 Å². The molecule has 0 spiro atoms. The molecule has 1 atom stereocenters. The maximum absolute atomic E-state index is 13.0. The van der Waals surface area contributed by atoms with Crippen molar-refractivity contribution in [3.63, 3.8) is 0 Å². The van der Waals surface area contributed by atoms with Gasteiger partial charge in [-0.3, -0.25) is 4.79 Å². The lowest BCUT2D eigenvalue weighted by molar-refractivity contribution is -0.126. The molecule has 0 aliphatic heterocycles. The molecule has 0 aliphatic rings. The summed E-state index contributed by atoms with van der Waals surface area (Å²) in [6.07, 6.45) is -0.855. The first kappa shape index (κ1) is 16.1. The number of anilines is 1. The Morgan fingerprint density at radius 3 is 2.41 bits per heavy atom. The Balaban J connectivity index is 2.21. The molecule has 0 radical (unpaired) electrons. The van der Waals surface area contributed by atoms with Crippen LogP contribution in [0.5, 0.6) is 0 Å². The number of nitrogens with one attached hydrogen (secondary N) is 1. The number of carbonyl (C=O) groups excluding carboxylic acids is 1. The molecule has 2 rings (SSSR count). The van der Waals surface area contributed by atoms with Crippen LogP contribution in [0.15, 0.2) is 59.5 Å². The third kappa shape index (κ3) is 3.90. The Hall–Kier alpha value is -2.25. The van der Waals surface area contributed by atoms with Gasteiger partial charge in [0.05, 0.1) is 0 Å². The van der Waals surface area contributed by atoms with Crippen LogP contribution in [0.25, 0.3) is 0 Å². The monoisotopic (exact) mass is 323 g/mol. The fourth-order valence-electron chi connectivity index (χ4n) is 1.96. The first-order valence-electron chi connectivity index (χ1n) is 6.35. The minimum Gasteiger partial charge on any atom is -0.367 e. The Morgan fingerprint density at radius 1 is 1.14 bits per heavy atom. The number of methoxy groups -OCH3 is 1. The smallest absolute Gasteiger partial charge is 0.332 e. The molecule has 0 aromatic heterocycles. The SMILES string of the molecule is CO[C@@H](C(=O)Nc1cccc(S(=O)(=O)F)c1)c1ccccc1. The van der Waals surface area contributed by atoms with Crippen LogP contribution in [0.1, 0.15) is 11.7 Å². The molecule has 0 unspecified atom stereocenters. The van der Waals surface area contributed by atoms with Crippen LogP contribution in [0.3, 0.4) is 0 Å². The molecule has 1 N–H and O–H groups in total. The summed E-state index contributed by atoms with van der Waals surface area (Å²) in [6.45, 7) is 0. The van der Waals surface area contributed by atoms with E-state index in [1.54, 1.807) is 24.3 Å². The predicted octanol–water partition coefficient (Wildman–Crippen LogP) is 2.67. The van der Waals surface area contributed by atoms with E-state index in [0.29, 0.717) is 5.56 Å². The van der Waals surface area contributed by atoms with Gasteiger partial charge in [-0.05, 0) is 23.8 Å². The highest BCUT2D eigenvalue weighted by Gasteiger charge is 2.20. The van der Waals surface area contributed by atoms with E-state index < -0.39 is 27.1 Å². The van der Waals surface area contributed by atoms with Crippen LogP contribution >= 0.6 is 0 Å². The molecule has 5 nitrogen and oxygen atoms in total. The summed E-state index contributed by atoms with van der Waals surface area (Å²) in [6, 6.07) is 13.8. The lowest BCUT2D eigenvalue weighted by atomic mass is 10.1. The van der Waals surface area contributed by atoms with Crippen molar-refractivity contribution in [1.82, 2.24) is 0 Å². The second-order valence-corrected chi connectivity index (χ2v) is 5.83. The van der Waals surface area contributed by atoms with Crippen LogP contribution in [0.2, 0.25) is 0 Å². The quantitative estimate of drug-likeness (QED) is 0.859. The molecule has 1 amide bonds. The number of hydrogen-bond acceptors (Lipinski definition) is 4. The zero-order valence-corrected chi connectivity index (χ0v) is 12.5. The van der Waals surface area contributed by atoms with Gasteiger partial charge in [-0.1, -0.05) is 36.4 Å². The van der Waals surface area contributed by atoms with Gasteiger partial charge >= 0.3 is 10.2 Å². The van der Waals surface area contributed by atoms with Gasteiger partial charge in [0, 0.05) is 12.8 Å². The topological polar surface area (TPSA) is 72.5 Å². The average molecular weight is 323 g/mol. The van der Waals surface area contributed by atoms with Gasteiger partial charge < -0.3 is 10.1 Å². The standard InChI is InChI=1S/C15H14FNO4S/c1-21-14(11-6-3-2-4-7-11)15(18)17-12-8-5-9-13(10-12)22(16,19)20/h2-10,14H,1H3,(H,17,18)/t14-/m1/s1. The van der Waals surface area contributed by atoms with Crippen LogP contribution in [-0.2, 0) is 19.8 Å².